The summed E-state index contributed by atoms with van der Waals surface area (Å²) >= 11 is 0. The van der Waals surface area contributed by atoms with Crippen molar-refractivity contribution in [3.05, 3.63) is 11.7 Å². The maximum absolute atomic E-state index is 12.4. The summed E-state index contributed by atoms with van der Waals surface area (Å²) in [6.45, 7) is 7.75. The number of amides is 1. The van der Waals surface area contributed by atoms with E-state index in [0.29, 0.717) is 23.6 Å². The Kier molecular flexibility index (Phi) is 3.73. The van der Waals surface area contributed by atoms with Crippen LogP contribution in [-0.2, 0) is 10.3 Å². The van der Waals surface area contributed by atoms with Crippen molar-refractivity contribution in [1.29, 1.82) is 0 Å². The van der Waals surface area contributed by atoms with Gasteiger partial charge in [-0.25, -0.2) is 0 Å². The van der Waals surface area contributed by atoms with Crippen LogP contribution in [-0.4, -0.2) is 29.1 Å². The summed E-state index contributed by atoms with van der Waals surface area (Å²) < 4.78 is 5.01. The lowest BCUT2D eigenvalue weighted by Gasteiger charge is -2.24. The topological polar surface area (TPSA) is 80.0 Å². The smallest absolute Gasteiger partial charge is 0.224 e. The van der Waals surface area contributed by atoms with Crippen LogP contribution in [0.4, 0.5) is 0 Å². The molecular weight excluding hydrogens is 268 g/mol. The van der Waals surface area contributed by atoms with Gasteiger partial charge in [0.2, 0.25) is 11.8 Å². The van der Waals surface area contributed by atoms with E-state index < -0.39 is 5.54 Å². The van der Waals surface area contributed by atoms with Crippen molar-refractivity contribution in [3.8, 4) is 0 Å². The Labute approximate surface area is 125 Å². The molecule has 1 aliphatic carbocycles. The van der Waals surface area contributed by atoms with Gasteiger partial charge >= 0.3 is 0 Å². The monoisotopic (exact) mass is 292 g/mol. The lowest BCUT2D eigenvalue weighted by atomic mass is 9.91. The second-order valence-electron chi connectivity index (χ2n) is 6.84. The molecule has 1 saturated heterocycles. The molecule has 116 valence electrons. The van der Waals surface area contributed by atoms with Gasteiger partial charge in [-0.05, 0) is 58.0 Å². The normalized spacial score (nSPS) is 26.6. The molecular formula is C15H24N4O2. The summed E-state index contributed by atoms with van der Waals surface area (Å²) in [5.74, 6) is 2.62. The van der Waals surface area contributed by atoms with Crippen molar-refractivity contribution in [3.63, 3.8) is 0 Å². The number of carbonyl (C=O) groups is 1. The van der Waals surface area contributed by atoms with E-state index in [0.717, 1.165) is 19.5 Å². The van der Waals surface area contributed by atoms with E-state index >= 15 is 0 Å². The van der Waals surface area contributed by atoms with E-state index in [9.17, 15) is 4.79 Å². The summed E-state index contributed by atoms with van der Waals surface area (Å²) in [7, 11) is 0. The lowest BCUT2D eigenvalue weighted by Crippen LogP contribution is -2.43. The predicted octanol–water partition coefficient (Wildman–Crippen LogP) is 1.37. The number of aromatic nitrogens is 2. The van der Waals surface area contributed by atoms with Gasteiger partial charge < -0.3 is 15.2 Å². The number of hydrogen-bond donors (Lipinski definition) is 2. The second kappa shape index (κ2) is 5.40. The Morgan fingerprint density at radius 1 is 1.38 bits per heavy atom. The van der Waals surface area contributed by atoms with Crippen molar-refractivity contribution < 1.29 is 9.32 Å². The van der Waals surface area contributed by atoms with Crippen molar-refractivity contribution in [1.82, 2.24) is 20.8 Å². The minimum absolute atomic E-state index is 0.131. The van der Waals surface area contributed by atoms with Crippen LogP contribution in [0.2, 0.25) is 0 Å². The van der Waals surface area contributed by atoms with Crippen molar-refractivity contribution in [2.45, 2.75) is 45.6 Å². The maximum Gasteiger partial charge on any atom is 0.224 e. The maximum atomic E-state index is 12.4. The average Bonchev–Trinajstić information content (AvgIpc) is 3.14. The van der Waals surface area contributed by atoms with E-state index in [2.05, 4.69) is 20.8 Å². The largest absolute Gasteiger partial charge is 0.344 e. The van der Waals surface area contributed by atoms with Crippen LogP contribution in [0.15, 0.2) is 4.52 Å². The van der Waals surface area contributed by atoms with Crippen molar-refractivity contribution >= 4 is 5.91 Å². The fraction of sp³-hybridized carbons (Fsp3) is 0.800. The number of piperidine rings is 1. The first-order chi connectivity index (χ1) is 9.97. The van der Waals surface area contributed by atoms with Gasteiger partial charge in [0.1, 0.15) is 0 Å². The van der Waals surface area contributed by atoms with Gasteiger partial charge in [-0.1, -0.05) is 5.16 Å². The van der Waals surface area contributed by atoms with Crippen molar-refractivity contribution in [2.75, 3.05) is 13.1 Å². The Balaban J connectivity index is 1.57. The second-order valence-corrected chi connectivity index (χ2v) is 6.84. The zero-order chi connectivity index (χ0) is 15.0. The zero-order valence-electron chi connectivity index (χ0n) is 13.0. The van der Waals surface area contributed by atoms with E-state index in [1.807, 2.05) is 13.8 Å². The van der Waals surface area contributed by atoms with E-state index in [4.69, 9.17) is 4.52 Å². The molecule has 0 aromatic carbocycles. The third-order valence-corrected chi connectivity index (χ3v) is 4.69. The molecule has 6 heteroatoms. The molecule has 0 bridgehead atoms. The molecule has 1 amide bonds. The van der Waals surface area contributed by atoms with Gasteiger partial charge in [0, 0.05) is 12.8 Å². The van der Waals surface area contributed by atoms with Crippen LogP contribution in [0, 0.1) is 24.7 Å². The first-order valence-corrected chi connectivity index (χ1v) is 7.81. The SMILES string of the molecule is Cc1nc(C(C)(C)NC(=O)[C@@H]2C[C@H]2C2CCNCC2)no1. The third kappa shape index (κ3) is 3.10. The fourth-order valence-electron chi connectivity index (χ4n) is 3.32. The first kappa shape index (κ1) is 14.5. The highest BCUT2D eigenvalue weighted by atomic mass is 16.5. The molecule has 1 saturated carbocycles. The standard InChI is InChI=1S/C15H24N4O2/c1-9-17-14(19-21-9)15(2,3)18-13(20)12-8-11(12)10-4-6-16-7-5-10/h10-12,16H,4-8H2,1-3H3,(H,18,20)/t11-,12+/m0/s1. The minimum Gasteiger partial charge on any atom is -0.344 e. The number of aryl methyl sites for hydroxylation is 1. The molecule has 3 rings (SSSR count). The van der Waals surface area contributed by atoms with Gasteiger partial charge in [0.05, 0.1) is 5.54 Å². The predicted molar refractivity (Wildman–Crippen MR) is 77.4 cm³/mol. The molecule has 1 aromatic rings. The van der Waals surface area contributed by atoms with Crippen LogP contribution in [0.25, 0.3) is 0 Å². The molecule has 2 aliphatic rings. The number of nitrogens with zero attached hydrogens (tertiary/aromatic N) is 2. The van der Waals surface area contributed by atoms with E-state index in [1.165, 1.54) is 12.8 Å². The number of nitrogens with one attached hydrogen (secondary N) is 2. The molecule has 2 atom stereocenters. The van der Waals surface area contributed by atoms with Crippen molar-refractivity contribution in [2.24, 2.45) is 17.8 Å². The number of hydrogen-bond acceptors (Lipinski definition) is 5. The molecule has 0 spiro atoms. The average molecular weight is 292 g/mol. The molecule has 0 radical (unpaired) electrons. The lowest BCUT2D eigenvalue weighted by molar-refractivity contribution is -0.124. The van der Waals surface area contributed by atoms with Gasteiger partial charge in [-0.15, -0.1) is 0 Å². The molecule has 6 nitrogen and oxygen atoms in total. The third-order valence-electron chi connectivity index (χ3n) is 4.69. The van der Waals surface area contributed by atoms with Crippen LogP contribution < -0.4 is 10.6 Å². The number of carbonyl (C=O) groups excluding carboxylic acids is 1. The van der Waals surface area contributed by atoms with E-state index in [-0.39, 0.29) is 11.8 Å². The van der Waals surface area contributed by atoms with E-state index in [1.54, 1.807) is 6.92 Å². The quantitative estimate of drug-likeness (QED) is 0.876. The molecule has 1 aliphatic heterocycles. The fourth-order valence-corrected chi connectivity index (χ4v) is 3.32. The summed E-state index contributed by atoms with van der Waals surface area (Å²) in [4.78, 5) is 16.7. The highest BCUT2D eigenvalue weighted by Crippen LogP contribution is 2.47. The van der Waals surface area contributed by atoms with Gasteiger partial charge in [0.15, 0.2) is 5.82 Å². The number of rotatable bonds is 4. The molecule has 2 fully saturated rings. The van der Waals surface area contributed by atoms with Crippen LogP contribution in [0.3, 0.4) is 0 Å². The Morgan fingerprint density at radius 2 is 2.10 bits per heavy atom. The summed E-state index contributed by atoms with van der Waals surface area (Å²) in [6.07, 6.45) is 3.42. The van der Waals surface area contributed by atoms with Crippen LogP contribution in [0.5, 0.6) is 0 Å². The Hall–Kier alpha value is -1.43. The molecule has 2 N–H and O–H groups in total. The summed E-state index contributed by atoms with van der Waals surface area (Å²) in [6, 6.07) is 0. The molecule has 2 heterocycles. The highest BCUT2D eigenvalue weighted by Gasteiger charge is 2.48. The summed E-state index contributed by atoms with van der Waals surface area (Å²) in [5.41, 5.74) is -0.587. The summed E-state index contributed by atoms with van der Waals surface area (Å²) in [5, 5.41) is 10.4. The highest BCUT2D eigenvalue weighted by molar-refractivity contribution is 5.82. The van der Waals surface area contributed by atoms with Gasteiger partial charge in [0.25, 0.3) is 0 Å². The van der Waals surface area contributed by atoms with Crippen LogP contribution >= 0.6 is 0 Å². The Morgan fingerprint density at radius 3 is 2.71 bits per heavy atom. The first-order valence-electron chi connectivity index (χ1n) is 7.81. The molecule has 1 aromatic heterocycles. The van der Waals surface area contributed by atoms with Gasteiger partial charge in [-0.3, -0.25) is 4.79 Å². The van der Waals surface area contributed by atoms with Gasteiger partial charge in [-0.2, -0.15) is 4.98 Å². The molecule has 21 heavy (non-hydrogen) atoms. The Bertz CT molecular complexity index is 519. The zero-order valence-corrected chi connectivity index (χ0v) is 13.0. The molecule has 0 unspecified atom stereocenters. The minimum atomic E-state index is -0.587. The van der Waals surface area contributed by atoms with Crippen LogP contribution in [0.1, 0.15) is 44.8 Å².